The van der Waals surface area contributed by atoms with E-state index in [1.54, 1.807) is 30.3 Å². The summed E-state index contributed by atoms with van der Waals surface area (Å²) in [5.41, 5.74) is 0.290. The van der Waals surface area contributed by atoms with Crippen LogP contribution in [0, 0.1) is 0 Å². The van der Waals surface area contributed by atoms with Crippen molar-refractivity contribution in [1.82, 2.24) is 0 Å². The molecule has 0 spiro atoms. The van der Waals surface area contributed by atoms with Crippen LogP contribution in [0.15, 0.2) is 56.7 Å². The minimum absolute atomic E-state index is 0.290. The predicted molar refractivity (Wildman–Crippen MR) is 76.7 cm³/mol. The third kappa shape index (κ3) is 3.28. The Labute approximate surface area is 122 Å². The smallest absolute Gasteiger partial charge is 0.336 e. The molecule has 0 saturated heterocycles. The third-order valence-corrected chi connectivity index (χ3v) is 4.03. The minimum Gasteiger partial charge on any atom is -0.478 e. The highest BCUT2D eigenvalue weighted by atomic mass is 79.9. The summed E-state index contributed by atoms with van der Waals surface area (Å²) < 4.78 is 0.851. The number of rotatable bonds is 3. The molecule has 18 heavy (non-hydrogen) atoms. The van der Waals surface area contributed by atoms with E-state index in [2.05, 4.69) is 15.9 Å². The average molecular weight is 344 g/mol. The Morgan fingerprint density at radius 2 is 1.83 bits per heavy atom. The highest BCUT2D eigenvalue weighted by Gasteiger charge is 2.11. The van der Waals surface area contributed by atoms with Gasteiger partial charge in [-0.15, -0.1) is 0 Å². The van der Waals surface area contributed by atoms with Crippen LogP contribution in [0.2, 0.25) is 5.02 Å². The van der Waals surface area contributed by atoms with Gasteiger partial charge in [-0.2, -0.15) is 0 Å². The standard InChI is InChI=1S/C13H8BrClO2S/c14-8-1-6-11(13(16)17)12(7-8)18-10-4-2-9(15)3-5-10/h1-7H,(H,16,17). The maximum atomic E-state index is 11.1. The summed E-state index contributed by atoms with van der Waals surface area (Å²) in [4.78, 5) is 12.8. The second-order valence-corrected chi connectivity index (χ2v) is 5.97. The van der Waals surface area contributed by atoms with Gasteiger partial charge in [0.1, 0.15) is 0 Å². The van der Waals surface area contributed by atoms with Gasteiger partial charge in [0.05, 0.1) is 5.56 Å². The molecule has 0 atom stereocenters. The van der Waals surface area contributed by atoms with Crippen LogP contribution in [0.25, 0.3) is 0 Å². The molecule has 0 aromatic heterocycles. The fourth-order valence-electron chi connectivity index (χ4n) is 1.39. The SMILES string of the molecule is O=C(O)c1ccc(Br)cc1Sc1ccc(Cl)cc1. The van der Waals surface area contributed by atoms with Crippen molar-refractivity contribution in [3.05, 3.63) is 57.5 Å². The number of carboxylic acids is 1. The van der Waals surface area contributed by atoms with Crippen LogP contribution in [0.3, 0.4) is 0 Å². The van der Waals surface area contributed by atoms with Crippen molar-refractivity contribution in [2.75, 3.05) is 0 Å². The first-order valence-corrected chi connectivity index (χ1v) is 7.01. The van der Waals surface area contributed by atoms with Crippen LogP contribution in [0.4, 0.5) is 0 Å². The molecule has 2 aromatic rings. The van der Waals surface area contributed by atoms with Gasteiger partial charge in [0, 0.05) is 19.3 Å². The monoisotopic (exact) mass is 342 g/mol. The number of halogens is 2. The largest absolute Gasteiger partial charge is 0.478 e. The van der Waals surface area contributed by atoms with Gasteiger partial charge < -0.3 is 5.11 Å². The zero-order valence-corrected chi connectivity index (χ0v) is 12.2. The van der Waals surface area contributed by atoms with Gasteiger partial charge in [0.15, 0.2) is 0 Å². The number of carbonyl (C=O) groups is 1. The van der Waals surface area contributed by atoms with Gasteiger partial charge in [-0.3, -0.25) is 0 Å². The van der Waals surface area contributed by atoms with Crippen molar-refractivity contribution in [1.29, 1.82) is 0 Å². The van der Waals surface area contributed by atoms with Gasteiger partial charge in [-0.05, 0) is 42.5 Å². The first-order chi connectivity index (χ1) is 8.56. The molecule has 92 valence electrons. The van der Waals surface area contributed by atoms with Crippen LogP contribution in [0.5, 0.6) is 0 Å². The molecule has 0 heterocycles. The van der Waals surface area contributed by atoms with Gasteiger partial charge in [-0.1, -0.05) is 39.3 Å². The van der Waals surface area contributed by atoms with Crippen molar-refractivity contribution >= 4 is 45.3 Å². The fraction of sp³-hybridized carbons (Fsp3) is 0. The molecule has 5 heteroatoms. The molecule has 2 nitrogen and oxygen atoms in total. The molecular formula is C13H8BrClO2S. The molecule has 0 amide bonds. The molecule has 0 saturated carbocycles. The van der Waals surface area contributed by atoms with E-state index in [-0.39, 0.29) is 5.56 Å². The zero-order valence-electron chi connectivity index (χ0n) is 9.06. The lowest BCUT2D eigenvalue weighted by Gasteiger charge is -2.06. The Morgan fingerprint density at radius 1 is 1.17 bits per heavy atom. The predicted octanol–water partition coefficient (Wildman–Crippen LogP) is 4.95. The van der Waals surface area contributed by atoms with Crippen LogP contribution in [-0.2, 0) is 0 Å². The van der Waals surface area contributed by atoms with Crippen molar-refractivity contribution in [2.45, 2.75) is 9.79 Å². The third-order valence-electron chi connectivity index (χ3n) is 2.22. The number of aromatic carboxylic acids is 1. The molecule has 1 N–H and O–H groups in total. The second-order valence-electron chi connectivity index (χ2n) is 3.50. The van der Waals surface area contributed by atoms with Crippen molar-refractivity contribution in [3.63, 3.8) is 0 Å². The summed E-state index contributed by atoms with van der Waals surface area (Å²) in [5.74, 6) is -0.932. The summed E-state index contributed by atoms with van der Waals surface area (Å²) in [6.07, 6.45) is 0. The van der Waals surface area contributed by atoms with Gasteiger partial charge >= 0.3 is 5.97 Å². The summed E-state index contributed by atoms with van der Waals surface area (Å²) in [7, 11) is 0. The fourth-order valence-corrected chi connectivity index (χ4v) is 3.00. The number of benzene rings is 2. The highest BCUT2D eigenvalue weighted by molar-refractivity contribution is 9.10. The first kappa shape index (κ1) is 13.5. The van der Waals surface area contributed by atoms with E-state index >= 15 is 0 Å². The van der Waals surface area contributed by atoms with Gasteiger partial charge in [0.2, 0.25) is 0 Å². The summed E-state index contributed by atoms with van der Waals surface area (Å²) in [5, 5.41) is 9.79. The molecule has 0 aliphatic heterocycles. The zero-order chi connectivity index (χ0) is 13.1. The maximum absolute atomic E-state index is 11.1. The molecule has 2 rings (SSSR count). The quantitative estimate of drug-likeness (QED) is 0.856. The summed E-state index contributed by atoms with van der Waals surface area (Å²) in [6, 6.07) is 12.4. The van der Waals surface area contributed by atoms with Crippen LogP contribution in [-0.4, -0.2) is 11.1 Å². The Morgan fingerprint density at radius 3 is 2.44 bits per heavy atom. The Balaban J connectivity index is 2.35. The lowest BCUT2D eigenvalue weighted by molar-refractivity contribution is 0.0693. The molecular weight excluding hydrogens is 336 g/mol. The van der Waals surface area contributed by atoms with Crippen molar-refractivity contribution in [3.8, 4) is 0 Å². The van der Waals surface area contributed by atoms with Crippen molar-refractivity contribution < 1.29 is 9.90 Å². The van der Waals surface area contributed by atoms with E-state index in [4.69, 9.17) is 16.7 Å². The minimum atomic E-state index is -0.932. The molecule has 0 unspecified atom stereocenters. The lowest BCUT2D eigenvalue weighted by Crippen LogP contribution is -1.98. The Kier molecular flexibility index (Phi) is 4.32. The average Bonchev–Trinajstić information content (AvgIpc) is 2.32. The topological polar surface area (TPSA) is 37.3 Å². The van der Waals surface area contributed by atoms with Crippen LogP contribution < -0.4 is 0 Å². The van der Waals surface area contributed by atoms with Crippen LogP contribution >= 0.6 is 39.3 Å². The molecule has 0 bridgehead atoms. The maximum Gasteiger partial charge on any atom is 0.336 e. The van der Waals surface area contributed by atoms with E-state index < -0.39 is 5.97 Å². The van der Waals surface area contributed by atoms with E-state index in [9.17, 15) is 4.79 Å². The Hall–Kier alpha value is -0.970. The summed E-state index contributed by atoms with van der Waals surface area (Å²) >= 11 is 10.5. The summed E-state index contributed by atoms with van der Waals surface area (Å²) in [6.45, 7) is 0. The Bertz CT molecular complexity index is 584. The molecule has 0 aliphatic carbocycles. The number of carboxylic acid groups (broad SMARTS) is 1. The van der Waals surface area contributed by atoms with Gasteiger partial charge in [-0.25, -0.2) is 4.79 Å². The first-order valence-electron chi connectivity index (χ1n) is 5.02. The number of hydrogen-bond donors (Lipinski definition) is 1. The normalized spacial score (nSPS) is 10.3. The highest BCUT2D eigenvalue weighted by Crippen LogP contribution is 2.33. The van der Waals surface area contributed by atoms with E-state index in [0.29, 0.717) is 9.92 Å². The van der Waals surface area contributed by atoms with E-state index in [1.165, 1.54) is 11.8 Å². The van der Waals surface area contributed by atoms with Crippen LogP contribution in [0.1, 0.15) is 10.4 Å². The molecule has 0 fully saturated rings. The second kappa shape index (κ2) is 5.78. The van der Waals surface area contributed by atoms with E-state index in [1.807, 2.05) is 12.1 Å². The number of hydrogen-bond acceptors (Lipinski definition) is 2. The van der Waals surface area contributed by atoms with Gasteiger partial charge in [0.25, 0.3) is 0 Å². The lowest BCUT2D eigenvalue weighted by atomic mass is 10.2. The molecule has 0 radical (unpaired) electrons. The molecule has 0 aliphatic rings. The molecule has 2 aromatic carbocycles. The van der Waals surface area contributed by atoms with E-state index in [0.717, 1.165) is 9.37 Å². The van der Waals surface area contributed by atoms with Crippen molar-refractivity contribution in [2.24, 2.45) is 0 Å².